The van der Waals surface area contributed by atoms with Crippen molar-refractivity contribution in [3.05, 3.63) is 10.7 Å². The van der Waals surface area contributed by atoms with Gasteiger partial charge in [0.05, 0.1) is 4.47 Å². The third-order valence-corrected chi connectivity index (χ3v) is 3.28. The number of halogens is 1. The van der Waals surface area contributed by atoms with E-state index in [1.165, 1.54) is 32.1 Å². The van der Waals surface area contributed by atoms with E-state index in [4.69, 9.17) is 5.84 Å². The van der Waals surface area contributed by atoms with Gasteiger partial charge >= 0.3 is 0 Å². The fourth-order valence-electron chi connectivity index (χ4n) is 1.67. The minimum absolute atomic E-state index is 0.420. The summed E-state index contributed by atoms with van der Waals surface area (Å²) in [6.45, 7) is 3.16. The Morgan fingerprint density at radius 1 is 1.22 bits per heavy atom. The average Bonchev–Trinajstić information content (AvgIpc) is 2.39. The van der Waals surface area contributed by atoms with E-state index < -0.39 is 0 Å². The van der Waals surface area contributed by atoms with Gasteiger partial charge in [0.25, 0.3) is 0 Å². The number of nitrogens with one attached hydrogen (secondary N) is 2. The molecular weight excluding hydrogens is 294 g/mol. The Morgan fingerprint density at radius 2 is 1.94 bits per heavy atom. The van der Waals surface area contributed by atoms with E-state index in [9.17, 15) is 0 Å². The second kappa shape index (κ2) is 9.10. The lowest BCUT2D eigenvalue weighted by molar-refractivity contribution is 0.616. The van der Waals surface area contributed by atoms with E-state index in [1.807, 2.05) is 0 Å². The fraction of sp³-hybridized carbons (Fsp3) is 0.667. The van der Waals surface area contributed by atoms with Gasteiger partial charge < -0.3 is 5.32 Å². The molecule has 18 heavy (non-hydrogen) atoms. The van der Waals surface area contributed by atoms with Gasteiger partial charge in [0.1, 0.15) is 5.82 Å². The van der Waals surface area contributed by atoms with E-state index in [0.29, 0.717) is 5.95 Å². The number of hydrogen-bond acceptors (Lipinski definition) is 5. The molecule has 0 saturated heterocycles. The summed E-state index contributed by atoms with van der Waals surface area (Å²) in [5.41, 5.74) is 2.44. The molecule has 1 aromatic rings. The highest BCUT2D eigenvalue weighted by molar-refractivity contribution is 9.10. The van der Waals surface area contributed by atoms with Gasteiger partial charge in [-0.05, 0) is 22.4 Å². The number of unbranched alkanes of at least 4 members (excludes halogenated alkanes) is 5. The van der Waals surface area contributed by atoms with Crippen LogP contribution in [0.5, 0.6) is 0 Å². The van der Waals surface area contributed by atoms with Gasteiger partial charge in [-0.15, -0.1) is 0 Å². The molecule has 0 spiro atoms. The summed E-state index contributed by atoms with van der Waals surface area (Å²) < 4.78 is 0.854. The molecule has 0 radical (unpaired) electrons. The molecule has 0 bridgehead atoms. The Labute approximate surface area is 117 Å². The molecule has 6 heteroatoms. The lowest BCUT2D eigenvalue weighted by Crippen LogP contribution is -2.12. The Balaban J connectivity index is 2.22. The fourth-order valence-corrected chi connectivity index (χ4v) is 2.00. The predicted octanol–water partition coefficient (Wildman–Crippen LogP) is 3.30. The molecule has 102 valence electrons. The number of rotatable bonds is 9. The van der Waals surface area contributed by atoms with Gasteiger partial charge in [0.2, 0.25) is 5.95 Å². The predicted molar refractivity (Wildman–Crippen MR) is 79.4 cm³/mol. The van der Waals surface area contributed by atoms with Gasteiger partial charge in [-0.1, -0.05) is 39.0 Å². The summed E-state index contributed by atoms with van der Waals surface area (Å²) in [5.74, 6) is 6.48. The monoisotopic (exact) mass is 315 g/mol. The highest BCUT2D eigenvalue weighted by Gasteiger charge is 2.03. The Morgan fingerprint density at radius 3 is 2.67 bits per heavy atom. The average molecular weight is 316 g/mol. The molecule has 0 aromatic carbocycles. The van der Waals surface area contributed by atoms with Crippen molar-refractivity contribution in [3.8, 4) is 0 Å². The van der Waals surface area contributed by atoms with E-state index in [1.54, 1.807) is 6.20 Å². The molecule has 0 amide bonds. The Kier molecular flexibility index (Phi) is 7.68. The van der Waals surface area contributed by atoms with Crippen molar-refractivity contribution in [2.45, 2.75) is 45.4 Å². The zero-order valence-electron chi connectivity index (χ0n) is 10.9. The van der Waals surface area contributed by atoms with E-state index in [0.717, 1.165) is 23.3 Å². The van der Waals surface area contributed by atoms with Crippen molar-refractivity contribution in [1.82, 2.24) is 9.97 Å². The summed E-state index contributed by atoms with van der Waals surface area (Å²) in [7, 11) is 0. The molecule has 1 heterocycles. The zero-order valence-corrected chi connectivity index (χ0v) is 12.5. The molecule has 5 nitrogen and oxygen atoms in total. The molecule has 0 fully saturated rings. The molecular formula is C12H22BrN5. The highest BCUT2D eigenvalue weighted by atomic mass is 79.9. The first-order chi connectivity index (χ1) is 8.77. The van der Waals surface area contributed by atoms with Crippen LogP contribution in [0.3, 0.4) is 0 Å². The zero-order chi connectivity index (χ0) is 13.2. The summed E-state index contributed by atoms with van der Waals surface area (Å²) >= 11 is 3.41. The Bertz CT molecular complexity index is 345. The van der Waals surface area contributed by atoms with Crippen LogP contribution in [-0.2, 0) is 0 Å². The molecule has 0 aliphatic rings. The van der Waals surface area contributed by atoms with Crippen LogP contribution in [0.25, 0.3) is 0 Å². The molecule has 0 atom stereocenters. The topological polar surface area (TPSA) is 75.9 Å². The number of nitrogens with zero attached hydrogens (tertiary/aromatic N) is 2. The first-order valence-corrected chi connectivity index (χ1v) is 7.30. The minimum Gasteiger partial charge on any atom is -0.369 e. The lowest BCUT2D eigenvalue weighted by atomic mass is 10.1. The van der Waals surface area contributed by atoms with Crippen molar-refractivity contribution >= 4 is 27.7 Å². The molecule has 0 unspecified atom stereocenters. The molecule has 4 N–H and O–H groups in total. The van der Waals surface area contributed by atoms with Crippen molar-refractivity contribution in [2.75, 3.05) is 17.3 Å². The third kappa shape index (κ3) is 5.64. The summed E-state index contributed by atoms with van der Waals surface area (Å²) in [5, 5.41) is 3.29. The quantitative estimate of drug-likeness (QED) is 0.370. The third-order valence-electron chi connectivity index (χ3n) is 2.70. The highest BCUT2D eigenvalue weighted by Crippen LogP contribution is 2.19. The molecule has 1 aromatic heterocycles. The van der Waals surface area contributed by atoms with Crippen LogP contribution < -0.4 is 16.6 Å². The van der Waals surface area contributed by atoms with Crippen molar-refractivity contribution in [1.29, 1.82) is 0 Å². The number of hydrazine groups is 1. The second-order valence-corrected chi connectivity index (χ2v) is 5.08. The number of nitrogens with two attached hydrogens (primary N) is 1. The first-order valence-electron chi connectivity index (χ1n) is 6.51. The maximum atomic E-state index is 5.27. The first kappa shape index (κ1) is 15.2. The largest absolute Gasteiger partial charge is 0.369 e. The van der Waals surface area contributed by atoms with E-state index in [-0.39, 0.29) is 0 Å². The van der Waals surface area contributed by atoms with Crippen molar-refractivity contribution in [3.63, 3.8) is 0 Å². The van der Waals surface area contributed by atoms with Crippen LogP contribution in [0.2, 0.25) is 0 Å². The van der Waals surface area contributed by atoms with Gasteiger partial charge in [-0.3, -0.25) is 5.43 Å². The molecule has 0 saturated carbocycles. The smallest absolute Gasteiger partial charge is 0.239 e. The van der Waals surface area contributed by atoms with E-state index >= 15 is 0 Å². The van der Waals surface area contributed by atoms with Crippen LogP contribution in [0.15, 0.2) is 10.7 Å². The van der Waals surface area contributed by atoms with Crippen LogP contribution in [0, 0.1) is 0 Å². The summed E-state index contributed by atoms with van der Waals surface area (Å²) in [6, 6.07) is 0. The number of nitrogen functional groups attached to an aromatic ring is 1. The van der Waals surface area contributed by atoms with Gasteiger partial charge in [0.15, 0.2) is 0 Å². The summed E-state index contributed by atoms with van der Waals surface area (Å²) in [6.07, 6.45) is 9.40. The number of anilines is 2. The van der Waals surface area contributed by atoms with Crippen LogP contribution in [0.1, 0.15) is 45.4 Å². The molecule has 0 aliphatic heterocycles. The summed E-state index contributed by atoms with van der Waals surface area (Å²) in [4.78, 5) is 8.23. The normalized spacial score (nSPS) is 10.4. The standard InChI is InChI=1S/C12H22BrN5/c1-2-3-4-5-6-7-8-15-11-10(13)9-16-12(17-11)18-14/h9H,2-8,14H2,1H3,(H2,15,16,17,18). The number of hydrogen-bond donors (Lipinski definition) is 3. The number of aromatic nitrogens is 2. The van der Waals surface area contributed by atoms with Crippen molar-refractivity contribution in [2.24, 2.45) is 5.84 Å². The maximum Gasteiger partial charge on any atom is 0.239 e. The van der Waals surface area contributed by atoms with Gasteiger partial charge in [-0.25, -0.2) is 10.8 Å². The SMILES string of the molecule is CCCCCCCCNc1nc(NN)ncc1Br. The maximum absolute atomic E-state index is 5.27. The van der Waals surface area contributed by atoms with Crippen LogP contribution in [0.4, 0.5) is 11.8 Å². The van der Waals surface area contributed by atoms with Crippen molar-refractivity contribution < 1.29 is 0 Å². The molecule has 1 rings (SSSR count). The Hall–Kier alpha value is -0.880. The second-order valence-electron chi connectivity index (χ2n) is 4.23. The minimum atomic E-state index is 0.420. The lowest BCUT2D eigenvalue weighted by Gasteiger charge is -2.08. The van der Waals surface area contributed by atoms with Gasteiger partial charge in [-0.2, -0.15) is 4.98 Å². The van der Waals surface area contributed by atoms with Crippen LogP contribution in [-0.4, -0.2) is 16.5 Å². The van der Waals surface area contributed by atoms with Crippen LogP contribution >= 0.6 is 15.9 Å². The van der Waals surface area contributed by atoms with E-state index in [2.05, 4.69) is 43.6 Å². The molecule has 0 aliphatic carbocycles. The van der Waals surface area contributed by atoms with Gasteiger partial charge in [0, 0.05) is 12.7 Å².